The van der Waals surface area contributed by atoms with Gasteiger partial charge in [-0.3, -0.25) is 9.59 Å². The summed E-state index contributed by atoms with van der Waals surface area (Å²) in [7, 11) is 0. The van der Waals surface area contributed by atoms with E-state index in [1.54, 1.807) is 6.92 Å². The summed E-state index contributed by atoms with van der Waals surface area (Å²) >= 11 is 3.87. The quantitative estimate of drug-likeness (QED) is 0.573. The molecule has 0 fully saturated rings. The molecular formula is C6H11NO2S. The van der Waals surface area contributed by atoms with E-state index >= 15 is 0 Å². The van der Waals surface area contributed by atoms with Crippen LogP contribution in [0, 0.1) is 0 Å². The van der Waals surface area contributed by atoms with Gasteiger partial charge < -0.3 is 5.32 Å². The first-order valence-electron chi connectivity index (χ1n) is 2.99. The summed E-state index contributed by atoms with van der Waals surface area (Å²) in [4.78, 5) is 21.0. The van der Waals surface area contributed by atoms with Crippen LogP contribution >= 0.6 is 12.6 Å². The minimum Gasteiger partial charge on any atom is -0.348 e. The SMILES string of the molecule is CC(=O)CNC(=O)C(C)S. The lowest BCUT2D eigenvalue weighted by Crippen LogP contribution is -2.33. The lowest BCUT2D eigenvalue weighted by molar-refractivity contribution is -0.123. The Balaban J connectivity index is 3.50. The number of carbonyl (C=O) groups is 2. The molecule has 4 heteroatoms. The average molecular weight is 161 g/mol. The smallest absolute Gasteiger partial charge is 0.232 e. The first kappa shape index (κ1) is 9.49. The standard InChI is InChI=1S/C6H11NO2S/c1-4(8)3-7-6(9)5(2)10/h5,10H,3H2,1-2H3,(H,7,9). The molecule has 58 valence electrons. The summed E-state index contributed by atoms with van der Waals surface area (Å²) in [5.41, 5.74) is 0. The number of rotatable bonds is 3. The molecule has 0 aliphatic carbocycles. The van der Waals surface area contributed by atoms with E-state index in [0.717, 1.165) is 0 Å². The highest BCUT2D eigenvalue weighted by Crippen LogP contribution is 1.90. The molecule has 0 bridgehead atoms. The molecule has 0 rings (SSSR count). The molecule has 1 amide bonds. The maximum Gasteiger partial charge on any atom is 0.232 e. The lowest BCUT2D eigenvalue weighted by Gasteiger charge is -2.03. The number of nitrogens with one attached hydrogen (secondary N) is 1. The van der Waals surface area contributed by atoms with Gasteiger partial charge in [-0.25, -0.2) is 0 Å². The van der Waals surface area contributed by atoms with Gasteiger partial charge in [0.15, 0.2) is 0 Å². The number of thiol groups is 1. The van der Waals surface area contributed by atoms with Crippen LogP contribution in [0.15, 0.2) is 0 Å². The van der Waals surface area contributed by atoms with Gasteiger partial charge in [-0.2, -0.15) is 12.6 Å². The summed E-state index contributed by atoms with van der Waals surface area (Å²) in [6.07, 6.45) is 0. The van der Waals surface area contributed by atoms with Gasteiger partial charge in [-0.15, -0.1) is 0 Å². The Bertz CT molecular complexity index is 145. The van der Waals surface area contributed by atoms with Gasteiger partial charge in [0.1, 0.15) is 5.78 Å². The zero-order valence-electron chi connectivity index (χ0n) is 6.05. The van der Waals surface area contributed by atoms with Gasteiger partial charge in [0, 0.05) is 0 Å². The summed E-state index contributed by atoms with van der Waals surface area (Å²) in [5, 5.41) is 2.07. The van der Waals surface area contributed by atoms with E-state index in [9.17, 15) is 9.59 Å². The van der Waals surface area contributed by atoms with Gasteiger partial charge in [0.25, 0.3) is 0 Å². The fourth-order valence-electron chi connectivity index (χ4n) is 0.359. The molecule has 0 saturated carbocycles. The largest absolute Gasteiger partial charge is 0.348 e. The molecule has 3 nitrogen and oxygen atoms in total. The number of hydrogen-bond acceptors (Lipinski definition) is 3. The van der Waals surface area contributed by atoms with E-state index in [2.05, 4.69) is 17.9 Å². The van der Waals surface area contributed by atoms with Crippen LogP contribution in [0.5, 0.6) is 0 Å². The topological polar surface area (TPSA) is 46.2 Å². The molecule has 1 atom stereocenters. The zero-order valence-corrected chi connectivity index (χ0v) is 6.94. The van der Waals surface area contributed by atoms with Crippen molar-refractivity contribution < 1.29 is 9.59 Å². The first-order valence-corrected chi connectivity index (χ1v) is 3.51. The third-order valence-electron chi connectivity index (χ3n) is 0.891. The van der Waals surface area contributed by atoms with Crippen molar-refractivity contribution in [2.45, 2.75) is 19.1 Å². The van der Waals surface area contributed by atoms with Gasteiger partial charge in [0.2, 0.25) is 5.91 Å². The average Bonchev–Trinajstić information content (AvgIpc) is 1.82. The summed E-state index contributed by atoms with van der Waals surface area (Å²) in [6, 6.07) is 0. The van der Waals surface area contributed by atoms with Gasteiger partial charge in [0.05, 0.1) is 11.8 Å². The summed E-state index contributed by atoms with van der Waals surface area (Å²) < 4.78 is 0. The Morgan fingerprint density at radius 3 is 2.40 bits per heavy atom. The maximum atomic E-state index is 10.7. The van der Waals surface area contributed by atoms with E-state index in [0.29, 0.717) is 0 Å². The van der Waals surface area contributed by atoms with Crippen molar-refractivity contribution in [3.05, 3.63) is 0 Å². The fraction of sp³-hybridized carbons (Fsp3) is 0.667. The third kappa shape index (κ3) is 4.38. The third-order valence-corrected chi connectivity index (χ3v) is 1.13. The van der Waals surface area contributed by atoms with Crippen LogP contribution in [0.1, 0.15) is 13.8 Å². The predicted molar refractivity (Wildman–Crippen MR) is 42.1 cm³/mol. The van der Waals surface area contributed by atoms with E-state index in [1.807, 2.05) is 0 Å². The number of Topliss-reactive ketones (excluding diaryl/α,β-unsaturated/α-hetero) is 1. The second-order valence-corrected chi connectivity index (χ2v) is 2.87. The molecule has 1 N–H and O–H groups in total. The second-order valence-electron chi connectivity index (χ2n) is 2.10. The van der Waals surface area contributed by atoms with Crippen LogP contribution < -0.4 is 5.32 Å². The van der Waals surface area contributed by atoms with E-state index in [-0.39, 0.29) is 23.5 Å². The Morgan fingerprint density at radius 2 is 2.10 bits per heavy atom. The lowest BCUT2D eigenvalue weighted by atomic mass is 10.4. The summed E-state index contributed by atoms with van der Waals surface area (Å²) in [6.45, 7) is 3.17. The highest BCUT2D eigenvalue weighted by atomic mass is 32.1. The molecule has 0 heterocycles. The molecule has 0 aromatic carbocycles. The second kappa shape index (κ2) is 4.33. The number of amides is 1. The van der Waals surface area contributed by atoms with Crippen LogP contribution in [0.25, 0.3) is 0 Å². The Kier molecular flexibility index (Phi) is 4.11. The highest BCUT2D eigenvalue weighted by molar-refractivity contribution is 7.81. The first-order chi connectivity index (χ1) is 4.54. The predicted octanol–water partition coefficient (Wildman–Crippen LogP) is 0.00990. The van der Waals surface area contributed by atoms with E-state index in [1.165, 1.54) is 6.92 Å². The van der Waals surface area contributed by atoms with Gasteiger partial charge >= 0.3 is 0 Å². The fourth-order valence-corrected chi connectivity index (χ4v) is 0.451. The Morgan fingerprint density at radius 1 is 1.60 bits per heavy atom. The van der Waals surface area contributed by atoms with Crippen molar-refractivity contribution in [2.75, 3.05) is 6.54 Å². The maximum absolute atomic E-state index is 10.7. The minimum atomic E-state index is -0.348. The van der Waals surface area contributed by atoms with Crippen LogP contribution in [0.3, 0.4) is 0 Å². The Hall–Kier alpha value is -0.510. The molecule has 0 radical (unpaired) electrons. The molecule has 0 spiro atoms. The van der Waals surface area contributed by atoms with Gasteiger partial charge in [-0.1, -0.05) is 0 Å². The molecule has 0 aromatic rings. The van der Waals surface area contributed by atoms with Crippen molar-refractivity contribution in [1.29, 1.82) is 0 Å². The Labute approximate surface area is 65.6 Å². The number of ketones is 1. The van der Waals surface area contributed by atoms with Crippen molar-refractivity contribution in [1.82, 2.24) is 5.32 Å². The zero-order chi connectivity index (χ0) is 8.15. The molecular weight excluding hydrogens is 150 g/mol. The molecule has 0 aliphatic rings. The highest BCUT2D eigenvalue weighted by Gasteiger charge is 2.06. The molecule has 0 aliphatic heterocycles. The van der Waals surface area contributed by atoms with Gasteiger partial charge in [-0.05, 0) is 13.8 Å². The van der Waals surface area contributed by atoms with Crippen LogP contribution in [-0.4, -0.2) is 23.5 Å². The summed E-state index contributed by atoms with van der Waals surface area (Å²) in [5.74, 6) is -0.263. The molecule has 1 unspecified atom stereocenters. The van der Waals surface area contributed by atoms with Crippen LogP contribution in [0.2, 0.25) is 0 Å². The number of hydrogen-bond donors (Lipinski definition) is 2. The van der Waals surface area contributed by atoms with Crippen molar-refractivity contribution in [2.24, 2.45) is 0 Å². The normalized spacial score (nSPS) is 12.3. The molecule has 0 aromatic heterocycles. The van der Waals surface area contributed by atoms with Crippen molar-refractivity contribution in [3.8, 4) is 0 Å². The van der Waals surface area contributed by atoms with E-state index in [4.69, 9.17) is 0 Å². The van der Waals surface area contributed by atoms with Crippen LogP contribution in [0.4, 0.5) is 0 Å². The van der Waals surface area contributed by atoms with Crippen molar-refractivity contribution >= 4 is 24.3 Å². The van der Waals surface area contributed by atoms with Crippen LogP contribution in [-0.2, 0) is 9.59 Å². The number of carbonyl (C=O) groups excluding carboxylic acids is 2. The van der Waals surface area contributed by atoms with E-state index < -0.39 is 0 Å². The molecule has 0 saturated heterocycles. The monoisotopic (exact) mass is 161 g/mol. The minimum absolute atomic E-state index is 0.0534. The van der Waals surface area contributed by atoms with Crippen molar-refractivity contribution in [3.63, 3.8) is 0 Å². The molecule has 10 heavy (non-hydrogen) atoms.